The van der Waals surface area contributed by atoms with Gasteiger partial charge in [-0.2, -0.15) is 0 Å². The third-order valence-corrected chi connectivity index (χ3v) is 8.64. The van der Waals surface area contributed by atoms with Crippen LogP contribution in [0.3, 0.4) is 0 Å². The summed E-state index contributed by atoms with van der Waals surface area (Å²) in [6.07, 6.45) is 11.2. The molecule has 2 heteroatoms. The van der Waals surface area contributed by atoms with Gasteiger partial charge in [-0.15, -0.1) is 0 Å². The molecule has 3 saturated carbocycles. The van der Waals surface area contributed by atoms with Gasteiger partial charge in [-0.05, 0) is 86.9 Å². The molecule has 4 aliphatic rings. The van der Waals surface area contributed by atoms with E-state index in [1.54, 1.807) is 5.57 Å². The summed E-state index contributed by atoms with van der Waals surface area (Å²) in [5.74, 6) is 2.20. The van der Waals surface area contributed by atoms with Crippen LogP contribution >= 0.6 is 0 Å². The minimum absolute atomic E-state index is 0.114. The third kappa shape index (κ3) is 1.80. The summed E-state index contributed by atoms with van der Waals surface area (Å²) in [4.78, 5) is 0. The Morgan fingerprint density at radius 2 is 1.73 bits per heavy atom. The summed E-state index contributed by atoms with van der Waals surface area (Å²) in [7, 11) is 0. The zero-order chi connectivity index (χ0) is 15.8. The molecule has 2 nitrogen and oxygen atoms in total. The van der Waals surface area contributed by atoms with Crippen molar-refractivity contribution < 1.29 is 10.2 Å². The summed E-state index contributed by atoms with van der Waals surface area (Å²) in [6.45, 7) is 6.90. The number of aliphatic hydroxyl groups excluding tert-OH is 1. The van der Waals surface area contributed by atoms with Gasteiger partial charge < -0.3 is 10.2 Å². The van der Waals surface area contributed by atoms with E-state index in [1.807, 2.05) is 0 Å². The average Bonchev–Trinajstić information content (AvgIpc) is 2.70. The minimum Gasteiger partial charge on any atom is -0.393 e. The van der Waals surface area contributed by atoms with Crippen molar-refractivity contribution in [3.8, 4) is 0 Å². The molecule has 0 aliphatic heterocycles. The number of fused-ring (bicyclic) bond motifs is 5. The monoisotopic (exact) mass is 304 g/mol. The first-order valence-electron chi connectivity index (χ1n) is 9.38. The quantitative estimate of drug-likeness (QED) is 0.663. The van der Waals surface area contributed by atoms with Crippen molar-refractivity contribution in [2.24, 2.45) is 28.6 Å². The first-order valence-corrected chi connectivity index (χ1v) is 9.38. The second-order valence-electron chi connectivity index (χ2n) is 9.42. The fraction of sp³-hybridized carbons (Fsp3) is 0.900. The molecule has 0 aromatic carbocycles. The lowest BCUT2D eigenvalue weighted by molar-refractivity contribution is -0.115. The van der Waals surface area contributed by atoms with Crippen LogP contribution in [0.15, 0.2) is 11.6 Å². The molecule has 0 heterocycles. The highest BCUT2D eigenvalue weighted by Gasteiger charge is 2.61. The van der Waals surface area contributed by atoms with Crippen LogP contribution < -0.4 is 0 Å². The number of allylic oxidation sites excluding steroid dienone is 1. The van der Waals surface area contributed by atoms with Crippen molar-refractivity contribution in [1.82, 2.24) is 0 Å². The van der Waals surface area contributed by atoms with Crippen LogP contribution in [0, 0.1) is 28.6 Å². The fourth-order valence-electron chi connectivity index (χ4n) is 6.89. The molecule has 7 atom stereocenters. The van der Waals surface area contributed by atoms with Crippen molar-refractivity contribution in [3.05, 3.63) is 11.6 Å². The Labute approximate surface area is 135 Å². The zero-order valence-corrected chi connectivity index (χ0v) is 14.4. The van der Waals surface area contributed by atoms with Crippen molar-refractivity contribution in [2.45, 2.75) is 83.8 Å². The van der Waals surface area contributed by atoms with E-state index in [2.05, 4.69) is 26.8 Å². The third-order valence-electron chi connectivity index (χ3n) is 8.64. The smallest absolute Gasteiger partial charge is 0.0675 e. The van der Waals surface area contributed by atoms with Gasteiger partial charge in [-0.1, -0.05) is 25.5 Å². The molecule has 2 N–H and O–H groups in total. The summed E-state index contributed by atoms with van der Waals surface area (Å²) < 4.78 is 0. The Bertz CT molecular complexity index is 508. The van der Waals surface area contributed by atoms with E-state index in [9.17, 15) is 10.2 Å². The van der Waals surface area contributed by atoms with Gasteiger partial charge in [0.15, 0.2) is 0 Å². The maximum absolute atomic E-state index is 10.9. The van der Waals surface area contributed by atoms with Gasteiger partial charge in [0.2, 0.25) is 0 Å². The van der Waals surface area contributed by atoms with E-state index >= 15 is 0 Å². The average molecular weight is 304 g/mol. The lowest BCUT2D eigenvalue weighted by Gasteiger charge is -2.58. The molecule has 0 aromatic heterocycles. The van der Waals surface area contributed by atoms with E-state index in [4.69, 9.17) is 0 Å². The van der Waals surface area contributed by atoms with E-state index in [0.717, 1.165) is 37.5 Å². The highest BCUT2D eigenvalue weighted by molar-refractivity contribution is 5.26. The molecule has 0 radical (unpaired) electrons. The van der Waals surface area contributed by atoms with Crippen LogP contribution in [-0.2, 0) is 0 Å². The summed E-state index contributed by atoms with van der Waals surface area (Å²) >= 11 is 0. The summed E-state index contributed by atoms with van der Waals surface area (Å²) in [5, 5.41) is 21.0. The van der Waals surface area contributed by atoms with Crippen molar-refractivity contribution in [3.63, 3.8) is 0 Å². The second kappa shape index (κ2) is 4.60. The highest BCUT2D eigenvalue weighted by Crippen LogP contribution is 2.66. The summed E-state index contributed by atoms with van der Waals surface area (Å²) in [5.41, 5.74) is 1.50. The van der Waals surface area contributed by atoms with Crippen LogP contribution in [0.1, 0.15) is 72.1 Å². The normalized spacial score (nSPS) is 57.6. The molecule has 0 saturated heterocycles. The standard InChI is InChI=1S/C20H32O2/c1-18-9-6-14(21)12-13(18)4-5-15-16(18)7-10-19(2)17(15)8-11-20(19,3)22/h4,14-17,21-22H,5-12H2,1-3H3/t14-,15-,16+,17+,18+,19+,20+/m1/s1. The van der Waals surface area contributed by atoms with Crippen molar-refractivity contribution in [1.29, 1.82) is 0 Å². The van der Waals surface area contributed by atoms with Gasteiger partial charge in [0, 0.05) is 0 Å². The van der Waals surface area contributed by atoms with Crippen molar-refractivity contribution >= 4 is 0 Å². The van der Waals surface area contributed by atoms with Gasteiger partial charge in [0.25, 0.3) is 0 Å². The minimum atomic E-state index is -0.476. The molecule has 0 spiro atoms. The molecular weight excluding hydrogens is 272 g/mol. The number of hydrogen-bond donors (Lipinski definition) is 2. The van der Waals surface area contributed by atoms with E-state index in [0.29, 0.717) is 11.3 Å². The van der Waals surface area contributed by atoms with Gasteiger partial charge in [0.05, 0.1) is 11.7 Å². The fourth-order valence-corrected chi connectivity index (χ4v) is 6.89. The Balaban J connectivity index is 1.69. The molecule has 4 rings (SSSR count). The largest absolute Gasteiger partial charge is 0.393 e. The molecule has 0 bridgehead atoms. The van der Waals surface area contributed by atoms with Crippen LogP contribution in [0.4, 0.5) is 0 Å². The van der Waals surface area contributed by atoms with Gasteiger partial charge >= 0.3 is 0 Å². The number of rotatable bonds is 0. The Kier molecular flexibility index (Phi) is 3.18. The van der Waals surface area contributed by atoms with Gasteiger partial charge in [-0.25, -0.2) is 0 Å². The molecule has 0 unspecified atom stereocenters. The predicted molar refractivity (Wildman–Crippen MR) is 88.3 cm³/mol. The zero-order valence-electron chi connectivity index (χ0n) is 14.4. The van der Waals surface area contributed by atoms with Gasteiger partial charge in [-0.3, -0.25) is 0 Å². The Hall–Kier alpha value is -0.340. The lowest BCUT2D eigenvalue weighted by Crippen LogP contribution is -2.53. The van der Waals surface area contributed by atoms with Crippen LogP contribution in [0.5, 0.6) is 0 Å². The molecule has 3 fully saturated rings. The molecule has 0 aromatic rings. The topological polar surface area (TPSA) is 40.5 Å². The first-order chi connectivity index (χ1) is 10.3. The molecule has 0 amide bonds. The Morgan fingerprint density at radius 1 is 1.00 bits per heavy atom. The second-order valence-corrected chi connectivity index (χ2v) is 9.42. The maximum atomic E-state index is 10.9. The van der Waals surface area contributed by atoms with Crippen LogP contribution in [0.25, 0.3) is 0 Å². The SMILES string of the molecule is C[C@]12CC[C@@H](O)CC1=CC[C@@H]1[C@@H]2CC[C@@]2(C)[C@H]1CC[C@]2(C)O. The highest BCUT2D eigenvalue weighted by atomic mass is 16.3. The Morgan fingerprint density at radius 3 is 2.50 bits per heavy atom. The molecule has 4 aliphatic carbocycles. The molecular formula is C20H32O2. The first kappa shape index (κ1) is 15.2. The number of hydrogen-bond acceptors (Lipinski definition) is 2. The van der Waals surface area contributed by atoms with E-state index in [1.165, 1.54) is 25.7 Å². The predicted octanol–water partition coefficient (Wildman–Crippen LogP) is 4.06. The van der Waals surface area contributed by atoms with Crippen LogP contribution in [0.2, 0.25) is 0 Å². The maximum Gasteiger partial charge on any atom is 0.0675 e. The van der Waals surface area contributed by atoms with E-state index in [-0.39, 0.29) is 11.5 Å². The summed E-state index contributed by atoms with van der Waals surface area (Å²) in [6, 6.07) is 0. The molecule has 124 valence electrons. The van der Waals surface area contributed by atoms with Gasteiger partial charge in [0.1, 0.15) is 0 Å². The molecule has 22 heavy (non-hydrogen) atoms. The van der Waals surface area contributed by atoms with Crippen molar-refractivity contribution in [2.75, 3.05) is 0 Å². The van der Waals surface area contributed by atoms with Crippen LogP contribution in [-0.4, -0.2) is 21.9 Å². The van der Waals surface area contributed by atoms with E-state index < -0.39 is 5.60 Å². The lowest BCUT2D eigenvalue weighted by atomic mass is 9.47. The number of aliphatic hydroxyl groups is 2.